The predicted molar refractivity (Wildman–Crippen MR) is 72.8 cm³/mol. The molecule has 0 saturated carbocycles. The van der Waals surface area contributed by atoms with Crippen molar-refractivity contribution in [3.63, 3.8) is 0 Å². The SMILES string of the molecule is COc1ccc(C(C)(C)C(C)(N)C(=O)O)cc1OC. The highest BCUT2D eigenvalue weighted by Crippen LogP contribution is 2.38. The van der Waals surface area contributed by atoms with Crippen LogP contribution >= 0.6 is 0 Å². The lowest BCUT2D eigenvalue weighted by molar-refractivity contribution is -0.145. The van der Waals surface area contributed by atoms with Crippen LogP contribution in [0.15, 0.2) is 18.2 Å². The summed E-state index contributed by atoms with van der Waals surface area (Å²) in [7, 11) is 3.08. The summed E-state index contributed by atoms with van der Waals surface area (Å²) < 4.78 is 10.4. The van der Waals surface area contributed by atoms with Gasteiger partial charge in [-0.15, -0.1) is 0 Å². The second-order valence-electron chi connectivity index (χ2n) is 5.20. The van der Waals surface area contributed by atoms with Gasteiger partial charge in [-0.05, 0) is 24.6 Å². The van der Waals surface area contributed by atoms with E-state index in [1.165, 1.54) is 14.0 Å². The first-order valence-corrected chi connectivity index (χ1v) is 5.93. The number of methoxy groups -OCH3 is 2. The number of carbonyl (C=O) groups is 1. The number of hydrogen-bond acceptors (Lipinski definition) is 4. The van der Waals surface area contributed by atoms with Gasteiger partial charge in [-0.2, -0.15) is 0 Å². The molecule has 0 amide bonds. The van der Waals surface area contributed by atoms with Gasteiger partial charge in [0, 0.05) is 5.41 Å². The number of carboxylic acids is 1. The predicted octanol–water partition coefficient (Wildman–Crippen LogP) is 1.78. The van der Waals surface area contributed by atoms with Crippen molar-refractivity contribution >= 4 is 5.97 Å². The zero-order chi connectivity index (χ0) is 14.8. The number of carboxylic acid groups (broad SMARTS) is 1. The van der Waals surface area contributed by atoms with Gasteiger partial charge in [0.1, 0.15) is 5.54 Å². The molecule has 5 heteroatoms. The Bertz CT molecular complexity index is 480. The highest BCUT2D eigenvalue weighted by molar-refractivity contribution is 5.80. The van der Waals surface area contributed by atoms with Gasteiger partial charge in [-0.25, -0.2) is 0 Å². The molecule has 0 fully saturated rings. The number of benzene rings is 1. The van der Waals surface area contributed by atoms with Crippen LogP contribution in [0.25, 0.3) is 0 Å². The number of nitrogens with two attached hydrogens (primary N) is 1. The molecule has 1 unspecified atom stereocenters. The number of rotatable bonds is 5. The Balaban J connectivity index is 3.33. The molecule has 106 valence electrons. The summed E-state index contributed by atoms with van der Waals surface area (Å²) in [4.78, 5) is 11.3. The topological polar surface area (TPSA) is 81.8 Å². The second kappa shape index (κ2) is 5.09. The Labute approximate surface area is 113 Å². The molecule has 1 rings (SSSR count). The maximum absolute atomic E-state index is 11.3. The van der Waals surface area contributed by atoms with Crippen molar-refractivity contribution in [3.8, 4) is 11.5 Å². The van der Waals surface area contributed by atoms with Gasteiger partial charge in [-0.3, -0.25) is 4.79 Å². The maximum atomic E-state index is 11.3. The average Bonchev–Trinajstić information content (AvgIpc) is 2.37. The summed E-state index contributed by atoms with van der Waals surface area (Å²) in [6.07, 6.45) is 0. The van der Waals surface area contributed by atoms with Crippen LogP contribution in [0.5, 0.6) is 11.5 Å². The van der Waals surface area contributed by atoms with Gasteiger partial charge < -0.3 is 20.3 Å². The van der Waals surface area contributed by atoms with Gasteiger partial charge in [0.2, 0.25) is 0 Å². The largest absolute Gasteiger partial charge is 0.493 e. The van der Waals surface area contributed by atoms with E-state index in [-0.39, 0.29) is 0 Å². The van der Waals surface area contributed by atoms with E-state index < -0.39 is 16.9 Å². The lowest BCUT2D eigenvalue weighted by atomic mass is 9.69. The van der Waals surface area contributed by atoms with Gasteiger partial charge >= 0.3 is 5.97 Å². The van der Waals surface area contributed by atoms with Crippen LogP contribution in [0.1, 0.15) is 26.3 Å². The first-order valence-electron chi connectivity index (χ1n) is 5.93. The van der Waals surface area contributed by atoms with E-state index in [9.17, 15) is 9.90 Å². The van der Waals surface area contributed by atoms with Gasteiger partial charge in [0.05, 0.1) is 14.2 Å². The minimum absolute atomic E-state index is 0.550. The maximum Gasteiger partial charge on any atom is 0.324 e. The zero-order valence-electron chi connectivity index (χ0n) is 12.0. The Hall–Kier alpha value is -1.75. The van der Waals surface area contributed by atoms with Crippen LogP contribution in [0.4, 0.5) is 0 Å². The van der Waals surface area contributed by atoms with Gasteiger partial charge in [-0.1, -0.05) is 19.9 Å². The van der Waals surface area contributed by atoms with E-state index >= 15 is 0 Å². The normalized spacial score (nSPS) is 14.6. The smallest absolute Gasteiger partial charge is 0.324 e. The number of ether oxygens (including phenoxy) is 2. The molecule has 0 radical (unpaired) electrons. The van der Waals surface area contributed by atoms with E-state index in [0.29, 0.717) is 11.5 Å². The molecule has 0 bridgehead atoms. The van der Waals surface area contributed by atoms with E-state index in [2.05, 4.69) is 0 Å². The molecule has 3 N–H and O–H groups in total. The molecular formula is C14H21NO4. The summed E-state index contributed by atoms with van der Waals surface area (Å²) in [5.41, 5.74) is 4.57. The Kier molecular flexibility index (Phi) is 4.10. The fourth-order valence-corrected chi connectivity index (χ4v) is 1.79. The molecule has 0 aliphatic carbocycles. The highest BCUT2D eigenvalue weighted by Gasteiger charge is 2.45. The summed E-state index contributed by atoms with van der Waals surface area (Å²) in [5, 5.41) is 9.28. The second-order valence-corrected chi connectivity index (χ2v) is 5.20. The summed E-state index contributed by atoms with van der Waals surface area (Å²) in [5.74, 6) is 0.0950. The summed E-state index contributed by atoms with van der Waals surface area (Å²) >= 11 is 0. The molecule has 0 heterocycles. The van der Waals surface area contributed by atoms with Crippen LogP contribution in [-0.4, -0.2) is 30.8 Å². The van der Waals surface area contributed by atoms with E-state index in [1.807, 2.05) is 0 Å². The third-order valence-corrected chi connectivity index (χ3v) is 3.85. The van der Waals surface area contributed by atoms with Crippen molar-refractivity contribution in [3.05, 3.63) is 23.8 Å². The Morgan fingerprint density at radius 1 is 1.16 bits per heavy atom. The van der Waals surface area contributed by atoms with Crippen molar-refractivity contribution in [2.24, 2.45) is 5.73 Å². The molecule has 1 atom stereocenters. The van der Waals surface area contributed by atoms with Crippen molar-refractivity contribution in [2.75, 3.05) is 14.2 Å². The molecule has 19 heavy (non-hydrogen) atoms. The van der Waals surface area contributed by atoms with Crippen molar-refractivity contribution in [2.45, 2.75) is 31.7 Å². The lowest BCUT2D eigenvalue weighted by Gasteiger charge is -2.38. The van der Waals surface area contributed by atoms with Crippen molar-refractivity contribution < 1.29 is 19.4 Å². The highest BCUT2D eigenvalue weighted by atomic mass is 16.5. The summed E-state index contributed by atoms with van der Waals surface area (Å²) in [6.45, 7) is 5.09. The standard InChI is InChI=1S/C14H21NO4/c1-13(2,14(3,15)12(16)17)9-6-7-10(18-4)11(8-9)19-5/h6-8H,15H2,1-5H3,(H,16,17). The molecule has 1 aromatic rings. The number of hydrogen-bond donors (Lipinski definition) is 2. The molecular weight excluding hydrogens is 246 g/mol. The van der Waals surface area contributed by atoms with Crippen LogP contribution in [-0.2, 0) is 10.2 Å². The van der Waals surface area contributed by atoms with Crippen LogP contribution in [0.3, 0.4) is 0 Å². The first-order chi connectivity index (χ1) is 8.68. The fourth-order valence-electron chi connectivity index (χ4n) is 1.79. The minimum Gasteiger partial charge on any atom is -0.493 e. The summed E-state index contributed by atoms with van der Waals surface area (Å²) in [6, 6.07) is 5.30. The molecule has 0 aromatic heterocycles. The van der Waals surface area contributed by atoms with Crippen LogP contribution < -0.4 is 15.2 Å². The minimum atomic E-state index is -1.40. The van der Waals surface area contributed by atoms with Crippen molar-refractivity contribution in [1.29, 1.82) is 0 Å². The van der Waals surface area contributed by atoms with E-state index in [1.54, 1.807) is 39.2 Å². The average molecular weight is 267 g/mol. The third kappa shape index (κ3) is 2.51. The van der Waals surface area contributed by atoms with Crippen LogP contribution in [0.2, 0.25) is 0 Å². The molecule has 0 spiro atoms. The monoisotopic (exact) mass is 267 g/mol. The molecule has 1 aromatic carbocycles. The Morgan fingerprint density at radius 3 is 2.11 bits per heavy atom. The lowest BCUT2D eigenvalue weighted by Crippen LogP contribution is -2.58. The fraction of sp³-hybridized carbons (Fsp3) is 0.500. The molecule has 5 nitrogen and oxygen atoms in total. The van der Waals surface area contributed by atoms with Gasteiger partial charge in [0.25, 0.3) is 0 Å². The van der Waals surface area contributed by atoms with Crippen LogP contribution in [0, 0.1) is 0 Å². The van der Waals surface area contributed by atoms with E-state index in [4.69, 9.17) is 15.2 Å². The third-order valence-electron chi connectivity index (χ3n) is 3.85. The molecule has 0 aliphatic heterocycles. The molecule has 0 aliphatic rings. The van der Waals surface area contributed by atoms with E-state index in [0.717, 1.165) is 5.56 Å². The quantitative estimate of drug-likeness (QED) is 0.850. The Morgan fingerprint density at radius 2 is 1.68 bits per heavy atom. The number of aliphatic carboxylic acids is 1. The zero-order valence-corrected chi connectivity index (χ0v) is 12.0. The van der Waals surface area contributed by atoms with Crippen molar-refractivity contribution in [1.82, 2.24) is 0 Å². The first kappa shape index (κ1) is 15.3. The van der Waals surface area contributed by atoms with Gasteiger partial charge in [0.15, 0.2) is 11.5 Å². The molecule has 0 saturated heterocycles.